The summed E-state index contributed by atoms with van der Waals surface area (Å²) in [6.45, 7) is 0.113. The van der Waals surface area contributed by atoms with E-state index in [4.69, 9.17) is 9.15 Å². The first-order valence-corrected chi connectivity index (χ1v) is 8.52. The Labute approximate surface area is 159 Å². The summed E-state index contributed by atoms with van der Waals surface area (Å²) in [7, 11) is 1.59. The molecule has 1 aromatic carbocycles. The minimum Gasteiger partial charge on any atom is -0.497 e. The van der Waals surface area contributed by atoms with Gasteiger partial charge >= 0.3 is 0 Å². The number of benzene rings is 1. The first-order valence-electron chi connectivity index (χ1n) is 8.52. The summed E-state index contributed by atoms with van der Waals surface area (Å²) < 4.78 is 13.1. The Morgan fingerprint density at radius 1 is 1.25 bits per heavy atom. The molecule has 4 rings (SSSR count). The molecule has 0 fully saturated rings. The van der Waals surface area contributed by atoms with Gasteiger partial charge in [-0.15, -0.1) is 0 Å². The van der Waals surface area contributed by atoms with Crippen LogP contribution in [0.4, 0.5) is 0 Å². The van der Waals surface area contributed by atoms with Crippen LogP contribution >= 0.6 is 0 Å². The molecule has 1 amide bonds. The number of fused-ring (bicyclic) bond motifs is 1. The highest BCUT2D eigenvalue weighted by molar-refractivity contribution is 5.77. The van der Waals surface area contributed by atoms with Crippen LogP contribution < -0.4 is 15.6 Å². The first-order chi connectivity index (χ1) is 13.7. The molecule has 0 aliphatic heterocycles. The summed E-state index contributed by atoms with van der Waals surface area (Å²) in [5.74, 6) is 1.04. The molecule has 3 aromatic heterocycles. The minimum absolute atomic E-state index is 0.143. The number of hydrogen-bond donors (Lipinski definition) is 1. The van der Waals surface area contributed by atoms with Gasteiger partial charge in [-0.25, -0.2) is 9.67 Å². The number of rotatable bonds is 6. The lowest BCUT2D eigenvalue weighted by Crippen LogP contribution is -2.32. The quantitative estimate of drug-likeness (QED) is 0.544. The second-order valence-electron chi connectivity index (χ2n) is 6.03. The highest BCUT2D eigenvalue weighted by atomic mass is 16.5. The van der Waals surface area contributed by atoms with Crippen LogP contribution in [0.25, 0.3) is 16.7 Å². The van der Waals surface area contributed by atoms with Crippen molar-refractivity contribution in [1.29, 1.82) is 0 Å². The highest BCUT2D eigenvalue weighted by Crippen LogP contribution is 2.17. The molecule has 9 nitrogen and oxygen atoms in total. The van der Waals surface area contributed by atoms with Gasteiger partial charge in [0, 0.05) is 0 Å². The standard InChI is InChI=1S/C19H17N5O4/c1-27-14-6-4-13(5-7-14)24-18-16(10-22-24)19(26)23(12-21-18)11-17(25)20-9-15-3-2-8-28-15/h2-8,10,12H,9,11H2,1H3,(H,20,25). The lowest BCUT2D eigenvalue weighted by atomic mass is 10.3. The van der Waals surface area contributed by atoms with Crippen molar-refractivity contribution in [3.8, 4) is 11.4 Å². The van der Waals surface area contributed by atoms with Crippen molar-refractivity contribution in [2.24, 2.45) is 0 Å². The van der Waals surface area contributed by atoms with Crippen LogP contribution in [0, 0.1) is 0 Å². The van der Waals surface area contributed by atoms with Crippen molar-refractivity contribution in [3.63, 3.8) is 0 Å². The maximum absolute atomic E-state index is 12.7. The Morgan fingerprint density at radius 3 is 2.79 bits per heavy atom. The molecule has 0 radical (unpaired) electrons. The van der Waals surface area contributed by atoms with E-state index in [1.165, 1.54) is 23.4 Å². The van der Waals surface area contributed by atoms with Crippen molar-refractivity contribution in [3.05, 3.63) is 71.3 Å². The summed E-state index contributed by atoms with van der Waals surface area (Å²) in [6.07, 6.45) is 4.33. The smallest absolute Gasteiger partial charge is 0.264 e. The molecule has 1 N–H and O–H groups in total. The number of methoxy groups -OCH3 is 1. The molecule has 0 aliphatic rings. The van der Waals surface area contributed by atoms with Crippen LogP contribution in [-0.2, 0) is 17.9 Å². The molecule has 9 heteroatoms. The number of aromatic nitrogens is 4. The van der Waals surface area contributed by atoms with Gasteiger partial charge in [0.15, 0.2) is 5.65 Å². The van der Waals surface area contributed by atoms with Crippen molar-refractivity contribution in [2.75, 3.05) is 7.11 Å². The number of furan rings is 1. The Kier molecular flexibility index (Phi) is 4.63. The van der Waals surface area contributed by atoms with E-state index in [2.05, 4.69) is 15.4 Å². The van der Waals surface area contributed by atoms with Crippen LogP contribution in [0.1, 0.15) is 5.76 Å². The predicted molar refractivity (Wildman–Crippen MR) is 100 cm³/mol. The molecule has 4 aromatic rings. The molecule has 0 saturated carbocycles. The lowest BCUT2D eigenvalue weighted by molar-refractivity contribution is -0.122. The van der Waals surface area contributed by atoms with E-state index in [1.54, 1.807) is 36.1 Å². The number of nitrogens with zero attached hydrogens (tertiary/aromatic N) is 4. The number of hydrogen-bond acceptors (Lipinski definition) is 6. The zero-order valence-electron chi connectivity index (χ0n) is 15.0. The Hall–Kier alpha value is -3.88. The average Bonchev–Trinajstić information content (AvgIpc) is 3.39. The van der Waals surface area contributed by atoms with Gasteiger partial charge < -0.3 is 14.5 Å². The van der Waals surface area contributed by atoms with Gasteiger partial charge in [-0.3, -0.25) is 14.2 Å². The molecule has 0 bridgehead atoms. The van der Waals surface area contributed by atoms with Gasteiger partial charge in [-0.1, -0.05) is 0 Å². The van der Waals surface area contributed by atoms with E-state index in [0.29, 0.717) is 16.8 Å². The fourth-order valence-corrected chi connectivity index (χ4v) is 2.78. The fourth-order valence-electron chi connectivity index (χ4n) is 2.78. The van der Waals surface area contributed by atoms with Gasteiger partial charge in [0.2, 0.25) is 5.91 Å². The highest BCUT2D eigenvalue weighted by Gasteiger charge is 2.13. The molecule has 0 atom stereocenters. The van der Waals surface area contributed by atoms with E-state index in [9.17, 15) is 9.59 Å². The van der Waals surface area contributed by atoms with E-state index in [-0.39, 0.29) is 24.6 Å². The van der Waals surface area contributed by atoms with Crippen molar-refractivity contribution < 1.29 is 13.9 Å². The largest absolute Gasteiger partial charge is 0.497 e. The normalized spacial score (nSPS) is 10.9. The van der Waals surface area contributed by atoms with Crippen LogP contribution in [0.3, 0.4) is 0 Å². The van der Waals surface area contributed by atoms with Gasteiger partial charge in [-0.2, -0.15) is 5.10 Å². The van der Waals surface area contributed by atoms with Gasteiger partial charge in [0.1, 0.15) is 29.8 Å². The molecular weight excluding hydrogens is 362 g/mol. The summed E-state index contributed by atoms with van der Waals surface area (Å²) >= 11 is 0. The minimum atomic E-state index is -0.335. The first kappa shape index (κ1) is 17.5. The van der Waals surface area contributed by atoms with E-state index >= 15 is 0 Å². The molecule has 28 heavy (non-hydrogen) atoms. The SMILES string of the molecule is COc1ccc(-n2ncc3c(=O)n(CC(=O)NCc4ccco4)cnc32)cc1. The maximum Gasteiger partial charge on any atom is 0.264 e. The molecule has 3 heterocycles. The van der Waals surface area contributed by atoms with E-state index in [1.807, 2.05) is 12.1 Å². The summed E-state index contributed by atoms with van der Waals surface area (Å²) in [5, 5.41) is 7.29. The van der Waals surface area contributed by atoms with Crippen LogP contribution in [0.15, 0.2) is 64.4 Å². The number of carbonyl (C=O) groups is 1. The predicted octanol–water partition coefficient (Wildman–Crippen LogP) is 1.50. The molecule has 0 saturated heterocycles. The third-order valence-corrected chi connectivity index (χ3v) is 4.23. The number of ether oxygens (including phenoxy) is 1. The zero-order chi connectivity index (χ0) is 19.5. The average molecular weight is 379 g/mol. The fraction of sp³-hybridized carbons (Fsp3) is 0.158. The molecular formula is C19H17N5O4. The van der Waals surface area contributed by atoms with Gasteiger partial charge in [0.25, 0.3) is 5.56 Å². The summed E-state index contributed by atoms with van der Waals surface area (Å²) in [5.41, 5.74) is 0.831. The molecule has 142 valence electrons. The Morgan fingerprint density at radius 2 is 2.07 bits per heavy atom. The Bertz CT molecular complexity index is 1160. The van der Waals surface area contributed by atoms with E-state index in [0.717, 1.165) is 11.4 Å². The molecule has 0 spiro atoms. The molecule has 0 aliphatic carbocycles. The second-order valence-corrected chi connectivity index (χ2v) is 6.03. The number of nitrogens with one attached hydrogen (secondary N) is 1. The van der Waals surface area contributed by atoms with Gasteiger partial charge in [0.05, 0.1) is 31.8 Å². The number of carbonyl (C=O) groups excluding carboxylic acids is 1. The third-order valence-electron chi connectivity index (χ3n) is 4.23. The van der Waals surface area contributed by atoms with Crippen molar-refractivity contribution in [1.82, 2.24) is 24.6 Å². The monoisotopic (exact) mass is 379 g/mol. The topological polar surface area (TPSA) is 104 Å². The summed E-state index contributed by atoms with van der Waals surface area (Å²) in [6, 6.07) is 10.7. The van der Waals surface area contributed by atoms with Crippen LogP contribution in [0.5, 0.6) is 5.75 Å². The van der Waals surface area contributed by atoms with Crippen molar-refractivity contribution in [2.45, 2.75) is 13.1 Å². The second kappa shape index (κ2) is 7.39. The zero-order valence-corrected chi connectivity index (χ0v) is 15.0. The van der Waals surface area contributed by atoms with Crippen LogP contribution in [-0.4, -0.2) is 32.3 Å². The summed E-state index contributed by atoms with van der Waals surface area (Å²) in [4.78, 5) is 29.1. The van der Waals surface area contributed by atoms with Crippen LogP contribution in [0.2, 0.25) is 0 Å². The number of amides is 1. The Balaban J connectivity index is 1.55. The van der Waals surface area contributed by atoms with E-state index < -0.39 is 0 Å². The lowest BCUT2D eigenvalue weighted by Gasteiger charge is -2.07. The van der Waals surface area contributed by atoms with Gasteiger partial charge in [-0.05, 0) is 36.4 Å². The molecule has 0 unspecified atom stereocenters. The van der Waals surface area contributed by atoms with Crippen molar-refractivity contribution >= 4 is 16.9 Å². The third kappa shape index (κ3) is 3.37. The maximum atomic E-state index is 12.7.